The molecule has 0 spiro atoms. The lowest BCUT2D eigenvalue weighted by Gasteiger charge is -2.11. The smallest absolute Gasteiger partial charge is 0.270 e. The van der Waals surface area contributed by atoms with Gasteiger partial charge in [-0.3, -0.25) is 15.6 Å². The summed E-state index contributed by atoms with van der Waals surface area (Å²) in [6, 6.07) is 23.0. The van der Waals surface area contributed by atoms with Crippen molar-refractivity contribution in [2.24, 2.45) is 0 Å². The monoisotopic (exact) mass is 345 g/mol. The maximum Gasteiger partial charge on any atom is 0.270 e. The molecule has 0 fully saturated rings. The minimum absolute atomic E-state index is 0.194. The molecule has 0 aliphatic rings. The molecule has 0 aliphatic heterocycles. The quantitative estimate of drug-likeness (QED) is 0.526. The number of para-hydroxylation sites is 2. The topological polar surface area (TPSA) is 54.0 Å². The highest BCUT2D eigenvalue weighted by molar-refractivity contribution is 7.13. The molecule has 2 heterocycles. The molecular formula is C20H15N3OS. The Morgan fingerprint density at radius 1 is 0.920 bits per heavy atom. The molecule has 2 N–H and O–H groups in total. The lowest BCUT2D eigenvalue weighted by molar-refractivity contribution is 0.0964. The second-order valence-corrected chi connectivity index (χ2v) is 6.44. The van der Waals surface area contributed by atoms with E-state index in [-0.39, 0.29) is 5.91 Å². The SMILES string of the molecule is O=C(NNc1ccccc1)c1cc(-c2cccs2)nc2ccccc12. The Bertz CT molecular complexity index is 1010. The fourth-order valence-corrected chi connectivity index (χ4v) is 3.32. The van der Waals surface area contributed by atoms with Crippen molar-refractivity contribution in [1.29, 1.82) is 0 Å². The van der Waals surface area contributed by atoms with Gasteiger partial charge < -0.3 is 0 Å². The largest absolute Gasteiger partial charge is 0.298 e. The summed E-state index contributed by atoms with van der Waals surface area (Å²) in [5.41, 5.74) is 8.74. The van der Waals surface area contributed by atoms with Crippen LogP contribution in [0.4, 0.5) is 5.69 Å². The first-order valence-corrected chi connectivity index (χ1v) is 8.74. The van der Waals surface area contributed by atoms with Crippen molar-refractivity contribution in [3.05, 3.63) is 83.7 Å². The predicted molar refractivity (Wildman–Crippen MR) is 103 cm³/mol. The van der Waals surface area contributed by atoms with E-state index in [1.807, 2.05) is 78.2 Å². The minimum Gasteiger partial charge on any atom is -0.298 e. The first-order chi connectivity index (χ1) is 12.3. The summed E-state index contributed by atoms with van der Waals surface area (Å²) in [5, 5.41) is 2.83. The number of carbonyl (C=O) groups is 1. The Kier molecular flexibility index (Phi) is 4.14. The lowest BCUT2D eigenvalue weighted by atomic mass is 10.1. The number of rotatable bonds is 4. The van der Waals surface area contributed by atoms with Crippen LogP contribution in [-0.4, -0.2) is 10.9 Å². The predicted octanol–water partition coefficient (Wildman–Crippen LogP) is 4.72. The zero-order valence-electron chi connectivity index (χ0n) is 13.3. The second-order valence-electron chi connectivity index (χ2n) is 5.49. The van der Waals surface area contributed by atoms with E-state index >= 15 is 0 Å². The molecule has 0 aliphatic carbocycles. The number of anilines is 1. The third-order valence-electron chi connectivity index (χ3n) is 3.83. The van der Waals surface area contributed by atoms with Gasteiger partial charge in [0, 0.05) is 5.39 Å². The van der Waals surface area contributed by atoms with Crippen molar-refractivity contribution in [1.82, 2.24) is 10.4 Å². The Morgan fingerprint density at radius 3 is 2.52 bits per heavy atom. The maximum absolute atomic E-state index is 12.8. The van der Waals surface area contributed by atoms with E-state index in [4.69, 9.17) is 0 Å². The van der Waals surface area contributed by atoms with Gasteiger partial charge in [0.2, 0.25) is 0 Å². The number of nitrogens with zero attached hydrogens (tertiary/aromatic N) is 1. The van der Waals surface area contributed by atoms with Gasteiger partial charge in [-0.25, -0.2) is 4.98 Å². The van der Waals surface area contributed by atoms with E-state index in [1.54, 1.807) is 11.3 Å². The van der Waals surface area contributed by atoms with Crippen LogP contribution in [0.25, 0.3) is 21.5 Å². The third-order valence-corrected chi connectivity index (χ3v) is 4.72. The molecule has 4 nitrogen and oxygen atoms in total. The van der Waals surface area contributed by atoms with Crippen LogP contribution in [0, 0.1) is 0 Å². The number of amides is 1. The molecular weight excluding hydrogens is 330 g/mol. The van der Waals surface area contributed by atoms with Crippen LogP contribution in [0.3, 0.4) is 0 Å². The lowest BCUT2D eigenvalue weighted by Crippen LogP contribution is -2.29. The molecule has 122 valence electrons. The Labute approximate surface area is 149 Å². The van der Waals surface area contributed by atoms with E-state index in [9.17, 15) is 4.79 Å². The standard InChI is InChI=1S/C20H15N3OS/c24-20(23-22-14-7-2-1-3-8-14)16-13-18(19-11-6-12-25-19)21-17-10-5-4-9-15(16)17/h1-13,22H,(H,23,24). The molecule has 2 aromatic heterocycles. The number of thiophene rings is 1. The van der Waals surface area contributed by atoms with E-state index in [0.717, 1.165) is 27.2 Å². The number of pyridine rings is 1. The molecule has 4 rings (SSSR count). The molecule has 1 amide bonds. The van der Waals surface area contributed by atoms with E-state index < -0.39 is 0 Å². The second kappa shape index (κ2) is 6.75. The van der Waals surface area contributed by atoms with Gasteiger partial charge in [0.05, 0.1) is 27.3 Å². The van der Waals surface area contributed by atoms with Crippen molar-refractivity contribution >= 4 is 33.8 Å². The van der Waals surface area contributed by atoms with Crippen molar-refractivity contribution < 1.29 is 4.79 Å². The zero-order valence-corrected chi connectivity index (χ0v) is 14.1. The van der Waals surface area contributed by atoms with Gasteiger partial charge >= 0.3 is 0 Å². The fourth-order valence-electron chi connectivity index (χ4n) is 2.63. The van der Waals surface area contributed by atoms with Crippen molar-refractivity contribution in [2.75, 3.05) is 5.43 Å². The first-order valence-electron chi connectivity index (χ1n) is 7.86. The van der Waals surface area contributed by atoms with Crippen molar-refractivity contribution in [2.45, 2.75) is 0 Å². The van der Waals surface area contributed by atoms with Gasteiger partial charge in [-0.05, 0) is 35.7 Å². The van der Waals surface area contributed by atoms with Crippen LogP contribution in [0.15, 0.2) is 78.2 Å². The van der Waals surface area contributed by atoms with E-state index in [1.165, 1.54) is 0 Å². The zero-order chi connectivity index (χ0) is 17.1. The Morgan fingerprint density at radius 2 is 1.72 bits per heavy atom. The number of hydrogen-bond donors (Lipinski definition) is 2. The van der Waals surface area contributed by atoms with E-state index in [0.29, 0.717) is 5.56 Å². The molecule has 4 aromatic rings. The highest BCUT2D eigenvalue weighted by Crippen LogP contribution is 2.27. The number of fused-ring (bicyclic) bond motifs is 1. The average molecular weight is 345 g/mol. The van der Waals surface area contributed by atoms with Crippen LogP contribution in [0.2, 0.25) is 0 Å². The van der Waals surface area contributed by atoms with Gasteiger partial charge in [0.15, 0.2) is 0 Å². The molecule has 0 saturated carbocycles. The van der Waals surface area contributed by atoms with Gasteiger partial charge in [-0.2, -0.15) is 0 Å². The molecule has 25 heavy (non-hydrogen) atoms. The highest BCUT2D eigenvalue weighted by atomic mass is 32.1. The van der Waals surface area contributed by atoms with Crippen LogP contribution in [-0.2, 0) is 0 Å². The summed E-state index contributed by atoms with van der Waals surface area (Å²) < 4.78 is 0. The number of hydrazine groups is 1. The molecule has 0 unspecified atom stereocenters. The summed E-state index contributed by atoms with van der Waals surface area (Å²) in [6.07, 6.45) is 0. The minimum atomic E-state index is -0.194. The summed E-state index contributed by atoms with van der Waals surface area (Å²) in [7, 11) is 0. The van der Waals surface area contributed by atoms with Crippen LogP contribution in [0.1, 0.15) is 10.4 Å². The number of aromatic nitrogens is 1. The Balaban J connectivity index is 1.71. The first kappa shape index (κ1) is 15.4. The van der Waals surface area contributed by atoms with Crippen LogP contribution < -0.4 is 10.9 Å². The number of carbonyl (C=O) groups excluding carboxylic acids is 1. The van der Waals surface area contributed by atoms with Crippen LogP contribution >= 0.6 is 11.3 Å². The van der Waals surface area contributed by atoms with Gasteiger partial charge in [0.1, 0.15) is 0 Å². The Hall–Kier alpha value is -3.18. The average Bonchev–Trinajstić information content (AvgIpc) is 3.21. The summed E-state index contributed by atoms with van der Waals surface area (Å²) in [4.78, 5) is 18.5. The summed E-state index contributed by atoms with van der Waals surface area (Å²) in [5.74, 6) is -0.194. The van der Waals surface area contributed by atoms with E-state index in [2.05, 4.69) is 15.8 Å². The molecule has 5 heteroatoms. The van der Waals surface area contributed by atoms with Gasteiger partial charge in [-0.1, -0.05) is 42.5 Å². The highest BCUT2D eigenvalue weighted by Gasteiger charge is 2.14. The maximum atomic E-state index is 12.8. The summed E-state index contributed by atoms with van der Waals surface area (Å²) >= 11 is 1.61. The van der Waals surface area contributed by atoms with Crippen molar-refractivity contribution in [3.63, 3.8) is 0 Å². The molecule has 0 bridgehead atoms. The van der Waals surface area contributed by atoms with Gasteiger partial charge in [-0.15, -0.1) is 11.3 Å². The normalized spacial score (nSPS) is 10.6. The summed E-state index contributed by atoms with van der Waals surface area (Å²) in [6.45, 7) is 0. The number of benzene rings is 2. The van der Waals surface area contributed by atoms with Crippen LogP contribution in [0.5, 0.6) is 0 Å². The molecule has 0 radical (unpaired) electrons. The molecule has 2 aromatic carbocycles. The molecule has 0 saturated heterocycles. The fraction of sp³-hybridized carbons (Fsp3) is 0. The number of hydrogen-bond acceptors (Lipinski definition) is 4. The number of nitrogens with one attached hydrogen (secondary N) is 2. The van der Waals surface area contributed by atoms with Gasteiger partial charge in [0.25, 0.3) is 5.91 Å². The molecule has 0 atom stereocenters. The van der Waals surface area contributed by atoms with Crippen molar-refractivity contribution in [3.8, 4) is 10.6 Å². The third kappa shape index (κ3) is 3.22.